The fraction of sp³-hybridized carbons (Fsp3) is 0.318. The molecule has 0 aliphatic rings. The summed E-state index contributed by atoms with van der Waals surface area (Å²) in [6, 6.07) is 10.9. The SMILES string of the molecule is CCCOc1c(CN[C@@H](Cc2c[nH]c3ccccc23)C(=O)O)cc(Br)cc1OC. The van der Waals surface area contributed by atoms with E-state index >= 15 is 0 Å². The lowest BCUT2D eigenvalue weighted by molar-refractivity contribution is -0.139. The van der Waals surface area contributed by atoms with E-state index < -0.39 is 12.0 Å². The number of para-hydroxylation sites is 1. The van der Waals surface area contributed by atoms with Gasteiger partial charge in [-0.2, -0.15) is 0 Å². The van der Waals surface area contributed by atoms with Crippen molar-refractivity contribution in [2.45, 2.75) is 32.4 Å². The van der Waals surface area contributed by atoms with E-state index in [0.717, 1.165) is 32.9 Å². The van der Waals surface area contributed by atoms with Crippen molar-refractivity contribution in [2.75, 3.05) is 13.7 Å². The first-order valence-corrected chi connectivity index (χ1v) is 10.3. The molecule has 1 atom stereocenters. The zero-order valence-corrected chi connectivity index (χ0v) is 18.1. The lowest BCUT2D eigenvalue weighted by Crippen LogP contribution is -2.38. The largest absolute Gasteiger partial charge is 0.493 e. The number of carboxylic acid groups (broad SMARTS) is 1. The Bertz CT molecular complexity index is 986. The molecule has 0 saturated heterocycles. The maximum atomic E-state index is 11.9. The first-order chi connectivity index (χ1) is 14.0. The summed E-state index contributed by atoms with van der Waals surface area (Å²) < 4.78 is 12.2. The predicted molar refractivity (Wildman–Crippen MR) is 117 cm³/mol. The standard InChI is InChI=1S/C22H25BrN2O4/c1-3-8-29-21-15(9-16(23)11-20(21)28-2)13-25-19(22(26)27)10-14-12-24-18-7-5-4-6-17(14)18/h4-7,9,11-12,19,24-25H,3,8,10,13H2,1-2H3,(H,26,27)/t19-/m0/s1. The van der Waals surface area contributed by atoms with Crippen molar-refractivity contribution in [3.8, 4) is 11.5 Å². The average Bonchev–Trinajstić information content (AvgIpc) is 3.12. The molecule has 6 nitrogen and oxygen atoms in total. The highest BCUT2D eigenvalue weighted by atomic mass is 79.9. The first-order valence-electron chi connectivity index (χ1n) is 9.53. The van der Waals surface area contributed by atoms with Crippen LogP contribution in [0.3, 0.4) is 0 Å². The summed E-state index contributed by atoms with van der Waals surface area (Å²) in [4.78, 5) is 15.1. The average molecular weight is 461 g/mol. The molecule has 0 fully saturated rings. The van der Waals surface area contributed by atoms with Crippen molar-refractivity contribution in [2.24, 2.45) is 0 Å². The van der Waals surface area contributed by atoms with Gasteiger partial charge in [0, 0.05) is 40.1 Å². The van der Waals surface area contributed by atoms with Crippen LogP contribution < -0.4 is 14.8 Å². The van der Waals surface area contributed by atoms with Crippen LogP contribution in [0.1, 0.15) is 24.5 Å². The topological polar surface area (TPSA) is 83.6 Å². The van der Waals surface area contributed by atoms with E-state index in [2.05, 4.69) is 26.2 Å². The van der Waals surface area contributed by atoms with Crippen LogP contribution >= 0.6 is 15.9 Å². The second kappa shape index (κ2) is 9.80. The number of carboxylic acids is 1. The fourth-order valence-electron chi connectivity index (χ4n) is 3.27. The first kappa shape index (κ1) is 21.2. The van der Waals surface area contributed by atoms with Crippen molar-refractivity contribution >= 4 is 32.8 Å². The third-order valence-corrected chi connectivity index (χ3v) is 5.16. The van der Waals surface area contributed by atoms with Gasteiger partial charge in [0.2, 0.25) is 0 Å². The van der Waals surface area contributed by atoms with Crippen molar-refractivity contribution in [3.63, 3.8) is 0 Å². The van der Waals surface area contributed by atoms with Crippen LogP contribution in [0.15, 0.2) is 47.1 Å². The summed E-state index contributed by atoms with van der Waals surface area (Å²) in [5, 5.41) is 14.0. The Hall–Kier alpha value is -2.51. The number of H-pyrrole nitrogens is 1. The number of rotatable bonds is 10. The second-order valence-corrected chi connectivity index (χ2v) is 7.70. The molecule has 1 aromatic heterocycles. The smallest absolute Gasteiger partial charge is 0.321 e. The van der Waals surface area contributed by atoms with Gasteiger partial charge in [0.1, 0.15) is 6.04 Å². The molecular weight excluding hydrogens is 436 g/mol. The molecule has 29 heavy (non-hydrogen) atoms. The number of aromatic amines is 1. The van der Waals surface area contributed by atoms with Crippen LogP contribution in [0, 0.1) is 0 Å². The maximum Gasteiger partial charge on any atom is 0.321 e. The van der Waals surface area contributed by atoms with E-state index in [4.69, 9.17) is 9.47 Å². The Labute approximate surface area is 178 Å². The van der Waals surface area contributed by atoms with Crippen LogP contribution in [0.5, 0.6) is 11.5 Å². The number of aromatic nitrogens is 1. The number of hydrogen-bond donors (Lipinski definition) is 3. The van der Waals surface area contributed by atoms with Gasteiger partial charge in [0.15, 0.2) is 11.5 Å². The Balaban J connectivity index is 1.80. The summed E-state index contributed by atoms with van der Waals surface area (Å²) in [6.07, 6.45) is 3.11. The summed E-state index contributed by atoms with van der Waals surface area (Å²) in [6.45, 7) is 2.93. The van der Waals surface area contributed by atoms with E-state index in [1.165, 1.54) is 0 Å². The molecule has 2 aromatic carbocycles. The van der Waals surface area contributed by atoms with Crippen molar-refractivity contribution in [3.05, 3.63) is 58.2 Å². The van der Waals surface area contributed by atoms with Gasteiger partial charge in [-0.1, -0.05) is 41.1 Å². The van der Waals surface area contributed by atoms with Crippen LogP contribution in [0.25, 0.3) is 10.9 Å². The molecule has 1 heterocycles. The molecule has 0 radical (unpaired) electrons. The third-order valence-electron chi connectivity index (χ3n) is 4.70. The molecule has 3 aromatic rings. The molecule has 7 heteroatoms. The van der Waals surface area contributed by atoms with E-state index in [-0.39, 0.29) is 0 Å². The van der Waals surface area contributed by atoms with Gasteiger partial charge in [0.05, 0.1) is 13.7 Å². The highest BCUT2D eigenvalue weighted by molar-refractivity contribution is 9.10. The molecule has 0 aliphatic heterocycles. The zero-order chi connectivity index (χ0) is 20.8. The molecule has 0 saturated carbocycles. The van der Waals surface area contributed by atoms with Crippen molar-refractivity contribution < 1.29 is 19.4 Å². The number of nitrogens with one attached hydrogen (secondary N) is 2. The minimum absolute atomic E-state index is 0.341. The van der Waals surface area contributed by atoms with Crippen molar-refractivity contribution in [1.29, 1.82) is 0 Å². The van der Waals surface area contributed by atoms with Gasteiger partial charge in [-0.3, -0.25) is 10.1 Å². The number of carbonyl (C=O) groups is 1. The zero-order valence-electron chi connectivity index (χ0n) is 16.5. The minimum Gasteiger partial charge on any atom is -0.493 e. The quantitative estimate of drug-likeness (QED) is 0.414. The van der Waals surface area contributed by atoms with Crippen LogP contribution in [-0.2, 0) is 17.8 Å². The highest BCUT2D eigenvalue weighted by Gasteiger charge is 2.21. The predicted octanol–water partition coefficient (Wildman–Crippen LogP) is 4.51. The van der Waals surface area contributed by atoms with E-state index in [1.54, 1.807) is 7.11 Å². The molecular formula is C22H25BrN2O4. The van der Waals surface area contributed by atoms with Gasteiger partial charge in [-0.15, -0.1) is 0 Å². The Morgan fingerprint density at radius 3 is 2.79 bits per heavy atom. The van der Waals surface area contributed by atoms with E-state index in [0.29, 0.717) is 31.1 Å². The van der Waals surface area contributed by atoms with Gasteiger partial charge < -0.3 is 19.6 Å². The molecule has 0 spiro atoms. The molecule has 0 amide bonds. The number of fused-ring (bicyclic) bond motifs is 1. The third kappa shape index (κ3) is 5.10. The summed E-state index contributed by atoms with van der Waals surface area (Å²) >= 11 is 3.48. The molecule has 154 valence electrons. The lowest BCUT2D eigenvalue weighted by Gasteiger charge is -2.18. The number of halogens is 1. The number of methoxy groups -OCH3 is 1. The number of aliphatic carboxylic acids is 1. The van der Waals surface area contributed by atoms with E-state index in [9.17, 15) is 9.90 Å². The normalized spacial score (nSPS) is 12.1. The highest BCUT2D eigenvalue weighted by Crippen LogP contribution is 2.35. The lowest BCUT2D eigenvalue weighted by atomic mass is 10.0. The van der Waals surface area contributed by atoms with Gasteiger partial charge in [-0.25, -0.2) is 0 Å². The maximum absolute atomic E-state index is 11.9. The monoisotopic (exact) mass is 460 g/mol. The summed E-state index contributed by atoms with van der Waals surface area (Å²) in [5.74, 6) is 0.364. The summed E-state index contributed by atoms with van der Waals surface area (Å²) in [5.41, 5.74) is 2.81. The van der Waals surface area contributed by atoms with E-state index in [1.807, 2.05) is 49.5 Å². The number of hydrogen-bond acceptors (Lipinski definition) is 4. The van der Waals surface area contributed by atoms with Gasteiger partial charge >= 0.3 is 5.97 Å². The fourth-order valence-corrected chi connectivity index (χ4v) is 3.76. The molecule has 0 unspecified atom stereocenters. The Morgan fingerprint density at radius 1 is 1.28 bits per heavy atom. The van der Waals surface area contributed by atoms with Gasteiger partial charge in [-0.05, 0) is 30.2 Å². The summed E-state index contributed by atoms with van der Waals surface area (Å²) in [7, 11) is 1.59. The number of benzene rings is 2. The second-order valence-electron chi connectivity index (χ2n) is 6.78. The number of ether oxygens (including phenoxy) is 2. The van der Waals surface area contributed by atoms with Crippen molar-refractivity contribution in [1.82, 2.24) is 10.3 Å². The molecule has 0 aliphatic carbocycles. The van der Waals surface area contributed by atoms with Gasteiger partial charge in [0.25, 0.3) is 0 Å². The molecule has 3 N–H and O–H groups in total. The Kier molecular flexibility index (Phi) is 7.17. The molecule has 0 bridgehead atoms. The molecule has 3 rings (SSSR count). The van der Waals surface area contributed by atoms with Crippen LogP contribution in [0.2, 0.25) is 0 Å². The Morgan fingerprint density at radius 2 is 2.07 bits per heavy atom. The minimum atomic E-state index is -0.895. The van der Waals surface area contributed by atoms with Crippen LogP contribution in [-0.4, -0.2) is 35.8 Å². The van der Waals surface area contributed by atoms with Crippen LogP contribution in [0.4, 0.5) is 0 Å².